The maximum atomic E-state index is 5.75. The molecule has 2 fully saturated rings. The van der Waals surface area contributed by atoms with E-state index in [0.29, 0.717) is 6.10 Å². The maximum Gasteiger partial charge on any atom is 0.193 e. The molecule has 2 heterocycles. The quantitative estimate of drug-likeness (QED) is 0.600. The van der Waals surface area contributed by atoms with Crippen LogP contribution in [0.2, 0.25) is 0 Å². The summed E-state index contributed by atoms with van der Waals surface area (Å²) in [5, 5.41) is 3.46. The van der Waals surface area contributed by atoms with Gasteiger partial charge in [0.1, 0.15) is 0 Å². The topological polar surface area (TPSA) is 40.1 Å². The Hall–Kier alpha value is -0.810. The van der Waals surface area contributed by atoms with E-state index in [2.05, 4.69) is 35.9 Å². The first-order chi connectivity index (χ1) is 11.2. The van der Waals surface area contributed by atoms with E-state index in [4.69, 9.17) is 9.73 Å². The molecule has 1 N–H and O–H groups in total. The highest BCUT2D eigenvalue weighted by Gasteiger charge is 2.21. The van der Waals surface area contributed by atoms with Crippen LogP contribution in [0, 0.1) is 5.92 Å². The average molecular weight is 325 g/mol. The minimum absolute atomic E-state index is 0.439. The number of nitrogens with zero attached hydrogens (tertiary/aromatic N) is 3. The standard InChI is InChI=1S/C18H36N4O/c1-4-19-18(22-12-8-17(9-13-22)23-5-2)20-10-14-21-11-6-7-16(3)15-21/h16-17H,4-15H2,1-3H3,(H,19,20). The lowest BCUT2D eigenvalue weighted by Crippen LogP contribution is -2.47. The fourth-order valence-electron chi connectivity index (χ4n) is 3.68. The monoisotopic (exact) mass is 324 g/mol. The van der Waals surface area contributed by atoms with Crippen LogP contribution in [0.4, 0.5) is 0 Å². The van der Waals surface area contributed by atoms with Crippen molar-refractivity contribution in [1.29, 1.82) is 0 Å². The van der Waals surface area contributed by atoms with Crippen LogP contribution in [0.5, 0.6) is 0 Å². The lowest BCUT2D eigenvalue weighted by Gasteiger charge is -2.34. The van der Waals surface area contributed by atoms with Crippen LogP contribution < -0.4 is 5.32 Å². The summed E-state index contributed by atoms with van der Waals surface area (Å²) in [7, 11) is 0. The molecule has 5 nitrogen and oxygen atoms in total. The molecule has 2 aliphatic rings. The van der Waals surface area contributed by atoms with E-state index in [1.54, 1.807) is 0 Å². The van der Waals surface area contributed by atoms with Gasteiger partial charge in [0.25, 0.3) is 0 Å². The summed E-state index contributed by atoms with van der Waals surface area (Å²) in [5.41, 5.74) is 0. The predicted molar refractivity (Wildman–Crippen MR) is 97.0 cm³/mol. The third-order valence-corrected chi connectivity index (χ3v) is 4.90. The number of likely N-dealkylation sites (tertiary alicyclic amines) is 2. The normalized spacial score (nSPS) is 24.9. The number of nitrogens with one attached hydrogen (secondary N) is 1. The second-order valence-corrected chi connectivity index (χ2v) is 6.93. The van der Waals surface area contributed by atoms with Gasteiger partial charge in [0.15, 0.2) is 5.96 Å². The molecule has 0 amide bonds. The Bertz CT molecular complexity index is 353. The van der Waals surface area contributed by atoms with E-state index in [0.717, 1.165) is 64.0 Å². The smallest absolute Gasteiger partial charge is 0.193 e. The lowest BCUT2D eigenvalue weighted by molar-refractivity contribution is 0.0263. The van der Waals surface area contributed by atoms with Crippen LogP contribution in [0.15, 0.2) is 4.99 Å². The number of aliphatic imine (C=N–C) groups is 1. The van der Waals surface area contributed by atoms with Crippen molar-refractivity contribution in [3.05, 3.63) is 0 Å². The number of rotatable bonds is 6. The van der Waals surface area contributed by atoms with Gasteiger partial charge in [0.05, 0.1) is 12.6 Å². The predicted octanol–water partition coefficient (Wildman–Crippen LogP) is 2.18. The van der Waals surface area contributed by atoms with Crippen molar-refractivity contribution in [2.75, 3.05) is 52.4 Å². The zero-order chi connectivity index (χ0) is 16.5. The van der Waals surface area contributed by atoms with E-state index in [1.807, 2.05) is 0 Å². The molecule has 0 radical (unpaired) electrons. The summed E-state index contributed by atoms with van der Waals surface area (Å²) in [4.78, 5) is 9.85. The number of ether oxygens (including phenoxy) is 1. The number of guanidine groups is 1. The van der Waals surface area contributed by atoms with Crippen LogP contribution >= 0.6 is 0 Å². The number of piperidine rings is 2. The Morgan fingerprint density at radius 2 is 1.96 bits per heavy atom. The van der Waals surface area contributed by atoms with Gasteiger partial charge in [-0.3, -0.25) is 4.99 Å². The molecule has 0 aromatic heterocycles. The van der Waals surface area contributed by atoms with Crippen molar-refractivity contribution in [2.45, 2.75) is 52.6 Å². The van der Waals surface area contributed by atoms with Crippen LogP contribution in [0.1, 0.15) is 46.5 Å². The Morgan fingerprint density at radius 3 is 2.61 bits per heavy atom. The third-order valence-electron chi connectivity index (χ3n) is 4.90. The lowest BCUT2D eigenvalue weighted by atomic mass is 10.0. The highest BCUT2D eigenvalue weighted by Crippen LogP contribution is 2.15. The minimum Gasteiger partial charge on any atom is -0.378 e. The number of hydrogen-bond donors (Lipinski definition) is 1. The summed E-state index contributed by atoms with van der Waals surface area (Å²) in [6, 6.07) is 0. The molecule has 0 spiro atoms. The second-order valence-electron chi connectivity index (χ2n) is 6.93. The molecule has 0 bridgehead atoms. The van der Waals surface area contributed by atoms with Gasteiger partial charge < -0.3 is 19.9 Å². The minimum atomic E-state index is 0.439. The SMILES string of the molecule is CCNC(=NCCN1CCCC(C)C1)N1CCC(OCC)CC1. The largest absolute Gasteiger partial charge is 0.378 e. The fraction of sp³-hybridized carbons (Fsp3) is 0.944. The van der Waals surface area contributed by atoms with E-state index in [-0.39, 0.29) is 0 Å². The molecule has 5 heteroatoms. The highest BCUT2D eigenvalue weighted by atomic mass is 16.5. The summed E-state index contributed by atoms with van der Waals surface area (Å²) in [6.07, 6.45) is 5.39. The Balaban J connectivity index is 1.78. The van der Waals surface area contributed by atoms with Gasteiger partial charge in [-0.1, -0.05) is 6.92 Å². The van der Waals surface area contributed by atoms with Gasteiger partial charge in [0.2, 0.25) is 0 Å². The van der Waals surface area contributed by atoms with Crippen LogP contribution in [0.25, 0.3) is 0 Å². The molecule has 1 unspecified atom stereocenters. The van der Waals surface area contributed by atoms with E-state index in [1.165, 1.54) is 25.9 Å². The van der Waals surface area contributed by atoms with Crippen LogP contribution in [0.3, 0.4) is 0 Å². The summed E-state index contributed by atoms with van der Waals surface area (Å²) < 4.78 is 5.75. The zero-order valence-corrected chi connectivity index (χ0v) is 15.4. The van der Waals surface area contributed by atoms with Crippen LogP contribution in [-0.4, -0.2) is 74.3 Å². The molecule has 2 aliphatic heterocycles. The molecule has 1 atom stereocenters. The van der Waals surface area contributed by atoms with Gasteiger partial charge in [0, 0.05) is 39.3 Å². The van der Waals surface area contributed by atoms with Gasteiger partial charge in [-0.25, -0.2) is 0 Å². The van der Waals surface area contributed by atoms with Gasteiger partial charge >= 0.3 is 0 Å². The van der Waals surface area contributed by atoms with Crippen molar-refractivity contribution in [3.8, 4) is 0 Å². The molecule has 0 aromatic rings. The second kappa shape index (κ2) is 10.1. The summed E-state index contributed by atoms with van der Waals surface area (Å²) >= 11 is 0. The fourth-order valence-corrected chi connectivity index (χ4v) is 3.68. The average Bonchev–Trinajstić information content (AvgIpc) is 2.55. The van der Waals surface area contributed by atoms with Crippen molar-refractivity contribution in [1.82, 2.24) is 15.1 Å². The number of hydrogen-bond acceptors (Lipinski definition) is 3. The van der Waals surface area contributed by atoms with Gasteiger partial charge in [-0.05, 0) is 52.0 Å². The molecular weight excluding hydrogens is 288 g/mol. The van der Waals surface area contributed by atoms with Crippen molar-refractivity contribution in [3.63, 3.8) is 0 Å². The van der Waals surface area contributed by atoms with E-state index in [9.17, 15) is 0 Å². The molecule has 0 saturated carbocycles. The zero-order valence-electron chi connectivity index (χ0n) is 15.4. The first-order valence-electron chi connectivity index (χ1n) is 9.60. The molecular formula is C18H36N4O. The Kier molecular flexibility index (Phi) is 8.17. The molecule has 0 aromatic carbocycles. The van der Waals surface area contributed by atoms with Gasteiger partial charge in [-0.15, -0.1) is 0 Å². The van der Waals surface area contributed by atoms with Crippen molar-refractivity contribution >= 4 is 5.96 Å². The highest BCUT2D eigenvalue weighted by molar-refractivity contribution is 5.80. The van der Waals surface area contributed by atoms with E-state index < -0.39 is 0 Å². The van der Waals surface area contributed by atoms with Gasteiger partial charge in [-0.2, -0.15) is 0 Å². The van der Waals surface area contributed by atoms with Crippen molar-refractivity contribution < 1.29 is 4.74 Å². The molecule has 2 saturated heterocycles. The van der Waals surface area contributed by atoms with Crippen molar-refractivity contribution in [2.24, 2.45) is 10.9 Å². The maximum absolute atomic E-state index is 5.75. The summed E-state index contributed by atoms with van der Waals surface area (Å²) in [5.74, 6) is 1.94. The van der Waals surface area contributed by atoms with Crippen LogP contribution in [-0.2, 0) is 4.74 Å². The molecule has 2 rings (SSSR count). The van der Waals surface area contributed by atoms with E-state index >= 15 is 0 Å². The first-order valence-corrected chi connectivity index (χ1v) is 9.60. The molecule has 134 valence electrons. The third kappa shape index (κ3) is 6.30. The molecule has 0 aliphatic carbocycles. The Morgan fingerprint density at radius 1 is 1.17 bits per heavy atom. The summed E-state index contributed by atoms with van der Waals surface area (Å²) in [6.45, 7) is 14.9. The Labute approximate surface area is 142 Å². The first kappa shape index (κ1) is 18.5. The molecule has 23 heavy (non-hydrogen) atoms.